The average Bonchev–Trinajstić information content (AvgIpc) is 2.99. The minimum atomic E-state index is 0.326. The molecule has 6 nitrogen and oxygen atoms in total. The molecule has 2 aliphatic heterocycles. The van der Waals surface area contributed by atoms with Gasteiger partial charge in [-0.1, -0.05) is 18.0 Å². The largest absolute Gasteiger partial charge is 0.378 e. The van der Waals surface area contributed by atoms with E-state index in [1.54, 1.807) is 0 Å². The summed E-state index contributed by atoms with van der Waals surface area (Å²) in [6, 6.07) is 4.27. The Bertz CT molecular complexity index is 661. The van der Waals surface area contributed by atoms with E-state index in [0.29, 0.717) is 11.2 Å². The van der Waals surface area contributed by atoms with Crippen LogP contribution in [0.2, 0.25) is 5.15 Å². The maximum atomic E-state index is 6.21. The highest BCUT2D eigenvalue weighted by molar-refractivity contribution is 6.29. The minimum absolute atomic E-state index is 0.326. The SMILES string of the molecule is Clc1cc(N2CCOCC2)n2nc(C3CCCCN3)cc2n1. The number of halogens is 1. The molecule has 1 unspecified atom stereocenters. The molecule has 4 rings (SSSR count). The van der Waals surface area contributed by atoms with Gasteiger partial charge in [-0.05, 0) is 19.4 Å². The molecule has 7 heteroatoms. The summed E-state index contributed by atoms with van der Waals surface area (Å²) >= 11 is 6.21. The first-order chi connectivity index (χ1) is 10.8. The molecule has 0 bridgehead atoms. The number of anilines is 1. The molecule has 0 aromatic carbocycles. The van der Waals surface area contributed by atoms with Crippen molar-refractivity contribution in [3.8, 4) is 0 Å². The van der Waals surface area contributed by atoms with Gasteiger partial charge in [0.25, 0.3) is 0 Å². The van der Waals surface area contributed by atoms with E-state index in [1.165, 1.54) is 12.8 Å². The standard InChI is InChI=1S/C15H20ClN5O/c16-13-10-15(20-5-7-22-8-6-20)21-14(18-13)9-12(19-21)11-3-1-2-4-17-11/h9-11,17H,1-8H2. The van der Waals surface area contributed by atoms with Gasteiger partial charge in [-0.25, -0.2) is 4.98 Å². The summed E-state index contributed by atoms with van der Waals surface area (Å²) in [6.45, 7) is 4.24. The van der Waals surface area contributed by atoms with Gasteiger partial charge in [-0.3, -0.25) is 0 Å². The van der Waals surface area contributed by atoms with Crippen LogP contribution in [0.5, 0.6) is 0 Å². The van der Waals surface area contributed by atoms with Crippen molar-refractivity contribution in [2.45, 2.75) is 25.3 Å². The van der Waals surface area contributed by atoms with Gasteiger partial charge in [0.2, 0.25) is 0 Å². The Hall–Kier alpha value is -1.37. The van der Waals surface area contributed by atoms with E-state index in [2.05, 4.69) is 21.3 Å². The van der Waals surface area contributed by atoms with Gasteiger partial charge in [-0.15, -0.1) is 0 Å². The maximum absolute atomic E-state index is 6.21. The third-order valence-electron chi connectivity index (χ3n) is 4.40. The van der Waals surface area contributed by atoms with Crippen LogP contribution >= 0.6 is 11.6 Å². The van der Waals surface area contributed by atoms with Crippen molar-refractivity contribution < 1.29 is 4.74 Å². The van der Waals surface area contributed by atoms with Gasteiger partial charge in [-0.2, -0.15) is 9.61 Å². The lowest BCUT2D eigenvalue weighted by Crippen LogP contribution is -2.37. The highest BCUT2D eigenvalue weighted by Gasteiger charge is 2.21. The van der Waals surface area contributed by atoms with Crippen LogP contribution < -0.4 is 10.2 Å². The molecule has 2 aromatic rings. The summed E-state index contributed by atoms with van der Waals surface area (Å²) in [6.07, 6.45) is 3.62. The third kappa shape index (κ3) is 2.66. The van der Waals surface area contributed by atoms with Gasteiger partial charge < -0.3 is 15.0 Å². The van der Waals surface area contributed by atoms with E-state index < -0.39 is 0 Å². The molecule has 0 amide bonds. The predicted molar refractivity (Wildman–Crippen MR) is 85.6 cm³/mol. The smallest absolute Gasteiger partial charge is 0.159 e. The normalized spacial score (nSPS) is 23.1. The monoisotopic (exact) mass is 321 g/mol. The molecule has 118 valence electrons. The zero-order chi connectivity index (χ0) is 14.9. The fourth-order valence-corrected chi connectivity index (χ4v) is 3.42. The van der Waals surface area contributed by atoms with Gasteiger partial charge in [0.05, 0.1) is 24.9 Å². The van der Waals surface area contributed by atoms with Crippen LogP contribution in [0.4, 0.5) is 5.82 Å². The third-order valence-corrected chi connectivity index (χ3v) is 4.59. The summed E-state index contributed by atoms with van der Waals surface area (Å²) in [5.41, 5.74) is 1.88. The molecule has 2 aromatic heterocycles. The Kier molecular flexibility index (Phi) is 3.90. The van der Waals surface area contributed by atoms with Crippen molar-refractivity contribution in [1.29, 1.82) is 0 Å². The lowest BCUT2D eigenvalue weighted by atomic mass is 10.0. The van der Waals surface area contributed by atoms with Crippen molar-refractivity contribution in [2.75, 3.05) is 37.7 Å². The first kappa shape index (κ1) is 14.2. The molecule has 0 spiro atoms. The molecule has 0 saturated carbocycles. The van der Waals surface area contributed by atoms with Crippen LogP contribution in [-0.4, -0.2) is 47.4 Å². The van der Waals surface area contributed by atoms with E-state index in [4.69, 9.17) is 21.4 Å². The van der Waals surface area contributed by atoms with Gasteiger partial charge in [0, 0.05) is 25.2 Å². The van der Waals surface area contributed by atoms with E-state index in [9.17, 15) is 0 Å². The molecule has 2 saturated heterocycles. The van der Waals surface area contributed by atoms with Crippen molar-refractivity contribution >= 4 is 23.1 Å². The number of nitrogens with one attached hydrogen (secondary N) is 1. The number of hydrogen-bond acceptors (Lipinski definition) is 5. The van der Waals surface area contributed by atoms with Crippen LogP contribution in [0.25, 0.3) is 5.65 Å². The van der Waals surface area contributed by atoms with Crippen LogP contribution in [0, 0.1) is 0 Å². The van der Waals surface area contributed by atoms with Crippen LogP contribution in [-0.2, 0) is 4.74 Å². The first-order valence-corrected chi connectivity index (χ1v) is 8.31. The number of nitrogens with zero attached hydrogens (tertiary/aromatic N) is 4. The molecule has 2 fully saturated rings. The van der Waals surface area contributed by atoms with Gasteiger partial charge >= 0.3 is 0 Å². The highest BCUT2D eigenvalue weighted by atomic mass is 35.5. The molecule has 4 heterocycles. The second-order valence-electron chi connectivity index (χ2n) is 5.88. The Labute approximate surface area is 134 Å². The molecule has 0 aliphatic carbocycles. The second kappa shape index (κ2) is 6.02. The van der Waals surface area contributed by atoms with E-state index in [1.807, 2.05) is 10.6 Å². The van der Waals surface area contributed by atoms with Crippen LogP contribution in [0.1, 0.15) is 31.0 Å². The fraction of sp³-hybridized carbons (Fsp3) is 0.600. The molecular weight excluding hydrogens is 302 g/mol. The molecule has 22 heavy (non-hydrogen) atoms. The Morgan fingerprint density at radius 3 is 2.86 bits per heavy atom. The Morgan fingerprint density at radius 1 is 1.23 bits per heavy atom. The number of rotatable bonds is 2. The number of ether oxygens (including phenoxy) is 1. The molecule has 1 atom stereocenters. The van der Waals surface area contributed by atoms with Gasteiger partial charge in [0.1, 0.15) is 11.0 Å². The quantitative estimate of drug-likeness (QED) is 0.858. The average molecular weight is 322 g/mol. The zero-order valence-electron chi connectivity index (χ0n) is 12.5. The number of hydrogen-bond donors (Lipinski definition) is 1. The summed E-state index contributed by atoms with van der Waals surface area (Å²) < 4.78 is 7.35. The fourth-order valence-electron chi connectivity index (χ4n) is 3.24. The second-order valence-corrected chi connectivity index (χ2v) is 6.27. The number of piperidine rings is 1. The Balaban J connectivity index is 1.73. The molecular formula is C15H20ClN5O. The van der Waals surface area contributed by atoms with Crippen molar-refractivity contribution in [2.24, 2.45) is 0 Å². The van der Waals surface area contributed by atoms with Crippen molar-refractivity contribution in [3.05, 3.63) is 23.0 Å². The van der Waals surface area contributed by atoms with Crippen LogP contribution in [0.15, 0.2) is 12.1 Å². The summed E-state index contributed by atoms with van der Waals surface area (Å²) in [5.74, 6) is 1.00. The lowest BCUT2D eigenvalue weighted by Gasteiger charge is -2.28. The molecule has 2 aliphatic rings. The topological polar surface area (TPSA) is 54.7 Å². The molecule has 0 radical (unpaired) electrons. The van der Waals surface area contributed by atoms with Crippen molar-refractivity contribution in [1.82, 2.24) is 19.9 Å². The van der Waals surface area contributed by atoms with E-state index in [-0.39, 0.29) is 0 Å². The predicted octanol–water partition coefficient (Wildman–Crippen LogP) is 2.03. The van der Waals surface area contributed by atoms with E-state index in [0.717, 1.165) is 56.4 Å². The zero-order valence-corrected chi connectivity index (χ0v) is 13.2. The van der Waals surface area contributed by atoms with Gasteiger partial charge in [0.15, 0.2) is 5.65 Å². The number of morpholine rings is 1. The lowest BCUT2D eigenvalue weighted by molar-refractivity contribution is 0.122. The highest BCUT2D eigenvalue weighted by Crippen LogP contribution is 2.26. The number of aromatic nitrogens is 3. The minimum Gasteiger partial charge on any atom is -0.378 e. The Morgan fingerprint density at radius 2 is 2.09 bits per heavy atom. The van der Waals surface area contributed by atoms with E-state index >= 15 is 0 Å². The van der Waals surface area contributed by atoms with Crippen molar-refractivity contribution in [3.63, 3.8) is 0 Å². The summed E-state index contributed by atoms with van der Waals surface area (Å²) in [4.78, 5) is 6.69. The summed E-state index contributed by atoms with van der Waals surface area (Å²) in [5, 5.41) is 8.85. The van der Waals surface area contributed by atoms with Crippen LogP contribution in [0.3, 0.4) is 0 Å². The first-order valence-electron chi connectivity index (χ1n) is 7.93. The molecule has 1 N–H and O–H groups in total. The summed E-state index contributed by atoms with van der Waals surface area (Å²) in [7, 11) is 0. The maximum Gasteiger partial charge on any atom is 0.159 e. The number of fused-ring (bicyclic) bond motifs is 1.